The molecule has 0 aliphatic carbocycles. The first kappa shape index (κ1) is 16.2. The average molecular weight is 342 g/mol. The predicted octanol–water partition coefficient (Wildman–Crippen LogP) is 3.25. The fraction of sp³-hybridized carbons (Fsp3) is 0.235. The average Bonchev–Trinajstić information content (AvgIpc) is 3.13. The van der Waals surface area contributed by atoms with Crippen molar-refractivity contribution in [3.63, 3.8) is 0 Å². The molecule has 0 unspecified atom stereocenters. The van der Waals surface area contributed by atoms with Gasteiger partial charge in [-0.2, -0.15) is 0 Å². The van der Waals surface area contributed by atoms with Crippen LogP contribution in [0.2, 0.25) is 0 Å². The second-order valence-electron chi connectivity index (χ2n) is 5.14. The van der Waals surface area contributed by atoms with Gasteiger partial charge in [-0.25, -0.2) is 0 Å². The third kappa shape index (κ3) is 3.46. The lowest BCUT2D eigenvalue weighted by molar-refractivity contribution is 0.391. The Morgan fingerprint density at radius 2 is 1.96 bits per heavy atom. The molecule has 124 valence electrons. The number of hydrogen-bond acceptors (Lipinski definition) is 7. The number of hydrogen-bond donors (Lipinski definition) is 0. The van der Waals surface area contributed by atoms with E-state index in [-0.39, 0.29) is 0 Å². The molecule has 0 N–H and O–H groups in total. The first-order chi connectivity index (χ1) is 11.7. The van der Waals surface area contributed by atoms with Gasteiger partial charge in [0, 0.05) is 31.4 Å². The third-order valence-corrected chi connectivity index (χ3v) is 4.59. The van der Waals surface area contributed by atoms with Crippen LogP contribution >= 0.6 is 11.3 Å². The maximum Gasteiger partial charge on any atom is 0.208 e. The van der Waals surface area contributed by atoms with E-state index in [0.29, 0.717) is 6.54 Å². The Labute approximate surface area is 144 Å². The molecule has 0 bridgehead atoms. The summed E-state index contributed by atoms with van der Waals surface area (Å²) in [6.07, 6.45) is 1.75. The van der Waals surface area contributed by atoms with E-state index in [1.54, 1.807) is 20.4 Å². The molecule has 3 rings (SSSR count). The zero-order valence-corrected chi connectivity index (χ0v) is 14.6. The normalized spacial score (nSPS) is 10.5. The Bertz CT molecular complexity index is 807. The largest absolute Gasteiger partial charge is 0.497 e. The highest BCUT2D eigenvalue weighted by molar-refractivity contribution is 7.18. The second-order valence-corrected chi connectivity index (χ2v) is 6.09. The highest BCUT2D eigenvalue weighted by Gasteiger charge is 2.14. The first-order valence-electron chi connectivity index (χ1n) is 7.38. The molecule has 2 aromatic heterocycles. The summed E-state index contributed by atoms with van der Waals surface area (Å²) in [7, 11) is 5.27. The summed E-state index contributed by atoms with van der Waals surface area (Å²) in [5.74, 6) is 1.56. The highest BCUT2D eigenvalue weighted by atomic mass is 32.1. The quantitative estimate of drug-likeness (QED) is 0.685. The summed E-state index contributed by atoms with van der Waals surface area (Å²) in [5, 5.41) is 10.1. The Morgan fingerprint density at radius 1 is 1.08 bits per heavy atom. The maximum absolute atomic E-state index is 5.45. The van der Waals surface area contributed by atoms with Gasteiger partial charge in [0.25, 0.3) is 0 Å². The maximum atomic E-state index is 5.45. The molecule has 0 fully saturated rings. The van der Waals surface area contributed by atoms with E-state index >= 15 is 0 Å². The molecule has 0 aliphatic rings. The van der Waals surface area contributed by atoms with Crippen LogP contribution in [0.5, 0.6) is 11.5 Å². The summed E-state index contributed by atoms with van der Waals surface area (Å²) in [5.41, 5.74) is 1.88. The topological polar surface area (TPSA) is 60.4 Å². The van der Waals surface area contributed by atoms with Gasteiger partial charge in [-0.15, -0.1) is 10.2 Å². The van der Waals surface area contributed by atoms with E-state index in [2.05, 4.69) is 15.2 Å². The molecular formula is C17H18N4O2S. The van der Waals surface area contributed by atoms with Crippen molar-refractivity contribution in [3.8, 4) is 22.2 Å². The number of pyridine rings is 1. The summed E-state index contributed by atoms with van der Waals surface area (Å²) in [4.78, 5) is 6.34. The van der Waals surface area contributed by atoms with Crippen molar-refractivity contribution in [2.24, 2.45) is 0 Å². The van der Waals surface area contributed by atoms with Gasteiger partial charge in [-0.3, -0.25) is 4.98 Å². The van der Waals surface area contributed by atoms with Crippen LogP contribution < -0.4 is 14.4 Å². The molecule has 24 heavy (non-hydrogen) atoms. The molecule has 0 atom stereocenters. The van der Waals surface area contributed by atoms with Gasteiger partial charge >= 0.3 is 0 Å². The predicted molar refractivity (Wildman–Crippen MR) is 94.8 cm³/mol. The lowest BCUT2D eigenvalue weighted by Crippen LogP contribution is -2.16. The molecule has 2 heterocycles. The van der Waals surface area contributed by atoms with Crippen LogP contribution in [0.25, 0.3) is 10.7 Å². The summed E-state index contributed by atoms with van der Waals surface area (Å²) >= 11 is 1.51. The van der Waals surface area contributed by atoms with E-state index in [0.717, 1.165) is 32.9 Å². The fourth-order valence-electron chi connectivity index (χ4n) is 2.27. The standard InChI is InChI=1S/C17H18N4O2S/c1-21(11-12-7-8-13(22-2)10-15(12)23-3)17-20-19-16(24-17)14-6-4-5-9-18-14/h4-10H,11H2,1-3H3. The molecule has 7 heteroatoms. The van der Waals surface area contributed by atoms with E-state index in [1.807, 2.05) is 48.3 Å². The minimum absolute atomic E-state index is 0.657. The smallest absolute Gasteiger partial charge is 0.208 e. The Morgan fingerprint density at radius 3 is 2.67 bits per heavy atom. The zero-order chi connectivity index (χ0) is 16.9. The van der Waals surface area contributed by atoms with Crippen LogP contribution in [0.1, 0.15) is 5.56 Å². The van der Waals surface area contributed by atoms with Crippen LogP contribution in [-0.4, -0.2) is 36.4 Å². The monoisotopic (exact) mass is 342 g/mol. The van der Waals surface area contributed by atoms with Gasteiger partial charge < -0.3 is 14.4 Å². The van der Waals surface area contributed by atoms with Crippen molar-refractivity contribution >= 4 is 16.5 Å². The fourth-order valence-corrected chi connectivity index (χ4v) is 3.05. The van der Waals surface area contributed by atoms with E-state index in [9.17, 15) is 0 Å². The first-order valence-corrected chi connectivity index (χ1v) is 8.20. The summed E-state index contributed by atoms with van der Waals surface area (Å²) < 4.78 is 10.7. The van der Waals surface area contributed by atoms with Crippen LogP contribution in [0.15, 0.2) is 42.6 Å². The van der Waals surface area contributed by atoms with Gasteiger partial charge in [0.15, 0.2) is 5.01 Å². The Hall–Kier alpha value is -2.67. The molecule has 0 aliphatic heterocycles. The SMILES string of the molecule is COc1ccc(CN(C)c2nnc(-c3ccccn3)s2)c(OC)c1. The Balaban J connectivity index is 1.78. The number of ether oxygens (including phenoxy) is 2. The zero-order valence-electron chi connectivity index (χ0n) is 13.8. The number of methoxy groups -OCH3 is 2. The van der Waals surface area contributed by atoms with Crippen LogP contribution in [0, 0.1) is 0 Å². The molecule has 0 radical (unpaired) electrons. The van der Waals surface area contributed by atoms with E-state index in [1.165, 1.54) is 11.3 Å². The number of rotatable bonds is 6. The van der Waals surface area contributed by atoms with Gasteiger partial charge in [-0.1, -0.05) is 17.4 Å². The van der Waals surface area contributed by atoms with Crippen molar-refractivity contribution in [2.75, 3.05) is 26.2 Å². The molecule has 3 aromatic rings. The minimum Gasteiger partial charge on any atom is -0.497 e. The molecule has 0 spiro atoms. The van der Waals surface area contributed by atoms with Crippen molar-refractivity contribution in [2.45, 2.75) is 6.54 Å². The lowest BCUT2D eigenvalue weighted by Gasteiger charge is -2.17. The number of aromatic nitrogens is 3. The molecule has 0 saturated carbocycles. The van der Waals surface area contributed by atoms with Crippen LogP contribution in [-0.2, 0) is 6.54 Å². The van der Waals surface area contributed by atoms with Crippen molar-refractivity contribution in [3.05, 3.63) is 48.2 Å². The molecule has 0 saturated heterocycles. The molecular weight excluding hydrogens is 324 g/mol. The van der Waals surface area contributed by atoms with Gasteiger partial charge in [-0.05, 0) is 24.3 Å². The lowest BCUT2D eigenvalue weighted by atomic mass is 10.2. The Kier molecular flexibility index (Phi) is 4.90. The summed E-state index contributed by atoms with van der Waals surface area (Å²) in [6, 6.07) is 11.5. The van der Waals surface area contributed by atoms with Crippen molar-refractivity contribution < 1.29 is 9.47 Å². The van der Waals surface area contributed by atoms with E-state index in [4.69, 9.17) is 9.47 Å². The van der Waals surface area contributed by atoms with Gasteiger partial charge in [0.2, 0.25) is 5.13 Å². The van der Waals surface area contributed by atoms with Gasteiger partial charge in [0.05, 0.1) is 14.2 Å². The number of benzene rings is 1. The molecule has 1 aromatic carbocycles. The van der Waals surface area contributed by atoms with Crippen LogP contribution in [0.4, 0.5) is 5.13 Å². The van der Waals surface area contributed by atoms with Crippen LogP contribution in [0.3, 0.4) is 0 Å². The van der Waals surface area contributed by atoms with E-state index < -0.39 is 0 Å². The van der Waals surface area contributed by atoms with Crippen molar-refractivity contribution in [1.29, 1.82) is 0 Å². The minimum atomic E-state index is 0.657. The third-order valence-electron chi connectivity index (χ3n) is 3.53. The number of anilines is 1. The summed E-state index contributed by atoms with van der Waals surface area (Å²) in [6.45, 7) is 0.657. The molecule has 6 nitrogen and oxygen atoms in total. The second kappa shape index (κ2) is 7.27. The van der Waals surface area contributed by atoms with Gasteiger partial charge in [0.1, 0.15) is 17.2 Å². The molecule has 0 amide bonds. The highest BCUT2D eigenvalue weighted by Crippen LogP contribution is 2.30. The number of nitrogens with zero attached hydrogens (tertiary/aromatic N) is 4. The van der Waals surface area contributed by atoms with Crippen molar-refractivity contribution in [1.82, 2.24) is 15.2 Å².